The molecule has 0 unspecified atom stereocenters. The van der Waals surface area contributed by atoms with Gasteiger partial charge in [0.1, 0.15) is 34.7 Å². The SMILES string of the molecule is Fc1cc(F)c(F)c(OB(Oc2cc(F)cc(F)c2F)Oc2cc(F)cc(F)c2F)c1.c1cc[nH]c1. The summed E-state index contributed by atoms with van der Waals surface area (Å²) in [6.45, 7) is 0. The maximum absolute atomic E-state index is 13.9. The lowest BCUT2D eigenvalue weighted by Crippen LogP contribution is -2.38. The predicted octanol–water partition coefficient (Wildman–Crippen LogP) is 6.47. The van der Waals surface area contributed by atoms with Crippen molar-refractivity contribution in [3.05, 3.63) is 113 Å². The van der Waals surface area contributed by atoms with Crippen molar-refractivity contribution in [3.8, 4) is 17.2 Å². The molecule has 0 bridgehead atoms. The van der Waals surface area contributed by atoms with E-state index >= 15 is 0 Å². The molecule has 0 aliphatic heterocycles. The number of halogens is 9. The van der Waals surface area contributed by atoms with Gasteiger partial charge in [-0.25, -0.2) is 26.3 Å². The van der Waals surface area contributed by atoms with E-state index in [4.69, 9.17) is 0 Å². The van der Waals surface area contributed by atoms with Crippen LogP contribution in [0.5, 0.6) is 17.2 Å². The quantitative estimate of drug-likeness (QED) is 0.180. The van der Waals surface area contributed by atoms with Crippen molar-refractivity contribution < 1.29 is 53.5 Å². The standard InChI is InChI=1S/C18H6BF9O3.C4H5N/c20-7-1-10(23)16(26)13(4-7)29-19(30-14-5-8(21)2-11(24)17(14)27)31-15-6-9(22)3-12(25)18(15)28;1-2-4-5-3-1/h1-6H;1-5H. The molecule has 1 heterocycles. The van der Waals surface area contributed by atoms with Crippen LogP contribution in [-0.4, -0.2) is 12.3 Å². The lowest BCUT2D eigenvalue weighted by molar-refractivity contribution is 0.279. The molecule has 36 heavy (non-hydrogen) atoms. The van der Waals surface area contributed by atoms with E-state index in [-0.39, 0.29) is 36.4 Å². The second-order valence-electron chi connectivity index (χ2n) is 6.63. The van der Waals surface area contributed by atoms with E-state index in [1.807, 2.05) is 24.5 Å². The number of hydrogen-bond donors (Lipinski definition) is 1. The van der Waals surface area contributed by atoms with Crippen LogP contribution in [0.4, 0.5) is 39.5 Å². The Hall–Kier alpha value is -4.23. The summed E-state index contributed by atoms with van der Waals surface area (Å²) in [5.74, 6) is -18.6. The highest BCUT2D eigenvalue weighted by molar-refractivity contribution is 6.39. The van der Waals surface area contributed by atoms with Crippen molar-refractivity contribution in [2.75, 3.05) is 0 Å². The highest BCUT2D eigenvalue weighted by atomic mass is 19.2. The molecule has 0 aliphatic rings. The number of aromatic nitrogens is 1. The topological polar surface area (TPSA) is 43.5 Å². The van der Waals surface area contributed by atoms with E-state index in [0.29, 0.717) is 0 Å². The van der Waals surface area contributed by atoms with Crippen molar-refractivity contribution in [1.29, 1.82) is 0 Å². The number of nitrogens with one attached hydrogen (secondary N) is 1. The molecule has 1 aromatic heterocycles. The molecule has 1 N–H and O–H groups in total. The van der Waals surface area contributed by atoms with E-state index in [1.54, 1.807) is 0 Å². The number of H-pyrrole nitrogens is 1. The molecule has 0 atom stereocenters. The summed E-state index contributed by atoms with van der Waals surface area (Å²) in [5, 5.41) is 0. The fourth-order valence-electron chi connectivity index (χ4n) is 2.52. The molecule has 0 radical (unpaired) electrons. The smallest absolute Gasteiger partial charge is 0.487 e. The molecule has 0 spiro atoms. The molecule has 3 aromatic carbocycles. The number of hydrogen-bond acceptors (Lipinski definition) is 3. The van der Waals surface area contributed by atoms with Crippen molar-refractivity contribution in [1.82, 2.24) is 4.98 Å². The first-order valence-electron chi connectivity index (χ1n) is 9.56. The zero-order chi connectivity index (χ0) is 26.4. The van der Waals surface area contributed by atoms with Crippen molar-refractivity contribution in [3.63, 3.8) is 0 Å². The predicted molar refractivity (Wildman–Crippen MR) is 107 cm³/mol. The molecule has 14 heteroatoms. The highest BCUT2D eigenvalue weighted by Gasteiger charge is 2.35. The summed E-state index contributed by atoms with van der Waals surface area (Å²) < 4.78 is 136. The summed E-state index contributed by atoms with van der Waals surface area (Å²) >= 11 is 0. The minimum atomic E-state index is -2.64. The van der Waals surface area contributed by atoms with Crippen LogP contribution >= 0.6 is 0 Å². The highest BCUT2D eigenvalue weighted by Crippen LogP contribution is 2.28. The molecule has 188 valence electrons. The van der Waals surface area contributed by atoms with Gasteiger partial charge >= 0.3 is 7.32 Å². The lowest BCUT2D eigenvalue weighted by atomic mass is 10.1. The molecular weight excluding hydrogens is 508 g/mol. The van der Waals surface area contributed by atoms with Gasteiger partial charge in [0, 0.05) is 48.8 Å². The molecule has 4 rings (SSSR count). The normalized spacial score (nSPS) is 10.4. The number of rotatable bonds is 6. The molecular formula is C22H11BF9NO3. The average Bonchev–Trinajstić information content (AvgIpc) is 3.38. The van der Waals surface area contributed by atoms with E-state index in [1.165, 1.54) is 0 Å². The summed E-state index contributed by atoms with van der Waals surface area (Å²) in [6, 6.07) is 5.07. The van der Waals surface area contributed by atoms with Crippen LogP contribution in [-0.2, 0) is 0 Å². The van der Waals surface area contributed by atoms with Crippen LogP contribution in [0, 0.1) is 52.4 Å². The van der Waals surface area contributed by atoms with Gasteiger partial charge in [-0.3, -0.25) is 0 Å². The van der Waals surface area contributed by atoms with Gasteiger partial charge in [-0.05, 0) is 12.1 Å². The first-order valence-corrected chi connectivity index (χ1v) is 9.56. The van der Waals surface area contributed by atoms with Crippen LogP contribution in [0.1, 0.15) is 0 Å². The van der Waals surface area contributed by atoms with Gasteiger partial charge in [0.15, 0.2) is 34.9 Å². The molecule has 0 amide bonds. The minimum Gasteiger partial charge on any atom is -0.487 e. The van der Waals surface area contributed by atoms with Gasteiger partial charge in [0.25, 0.3) is 0 Å². The van der Waals surface area contributed by atoms with Crippen molar-refractivity contribution in [2.24, 2.45) is 0 Å². The lowest BCUT2D eigenvalue weighted by Gasteiger charge is -2.18. The van der Waals surface area contributed by atoms with Gasteiger partial charge in [0.05, 0.1) is 0 Å². The monoisotopic (exact) mass is 519 g/mol. The Morgan fingerprint density at radius 1 is 0.472 bits per heavy atom. The van der Waals surface area contributed by atoms with Crippen LogP contribution in [0.3, 0.4) is 0 Å². The van der Waals surface area contributed by atoms with Crippen LogP contribution in [0.15, 0.2) is 60.9 Å². The summed E-state index contributed by atoms with van der Waals surface area (Å²) in [4.78, 5) is 2.86. The maximum Gasteiger partial charge on any atom is 0.864 e. The van der Waals surface area contributed by atoms with Crippen LogP contribution in [0.25, 0.3) is 0 Å². The molecule has 0 aliphatic carbocycles. The Morgan fingerprint density at radius 2 is 0.778 bits per heavy atom. The fourth-order valence-corrected chi connectivity index (χ4v) is 2.52. The molecule has 4 nitrogen and oxygen atoms in total. The molecule has 0 fully saturated rings. The van der Waals surface area contributed by atoms with E-state index < -0.39 is 76.9 Å². The van der Waals surface area contributed by atoms with Gasteiger partial charge in [-0.2, -0.15) is 13.2 Å². The maximum atomic E-state index is 13.9. The van der Waals surface area contributed by atoms with Crippen molar-refractivity contribution in [2.45, 2.75) is 0 Å². The minimum absolute atomic E-state index is 0.127. The zero-order valence-corrected chi connectivity index (χ0v) is 17.5. The Morgan fingerprint density at radius 3 is 1.03 bits per heavy atom. The van der Waals surface area contributed by atoms with Crippen LogP contribution in [0.2, 0.25) is 0 Å². The third kappa shape index (κ3) is 6.67. The Balaban J connectivity index is 0.000000642. The summed E-state index contributed by atoms with van der Waals surface area (Å²) in [7, 11) is -2.64. The molecule has 0 saturated heterocycles. The first-order chi connectivity index (χ1) is 17.0. The second kappa shape index (κ2) is 11.5. The Kier molecular flexibility index (Phi) is 8.40. The van der Waals surface area contributed by atoms with E-state index in [2.05, 4.69) is 18.9 Å². The number of aromatic amines is 1. The molecule has 4 aromatic rings. The van der Waals surface area contributed by atoms with Gasteiger partial charge in [-0.15, -0.1) is 0 Å². The largest absolute Gasteiger partial charge is 0.864 e. The van der Waals surface area contributed by atoms with Gasteiger partial charge in [0.2, 0.25) is 0 Å². The molecule has 0 saturated carbocycles. The van der Waals surface area contributed by atoms with E-state index in [9.17, 15) is 39.5 Å². The Labute approximate surface area is 197 Å². The third-order valence-corrected chi connectivity index (χ3v) is 4.04. The van der Waals surface area contributed by atoms with Crippen molar-refractivity contribution >= 4 is 7.32 Å². The number of benzene rings is 3. The third-order valence-electron chi connectivity index (χ3n) is 4.04. The average molecular weight is 519 g/mol. The summed E-state index contributed by atoms with van der Waals surface area (Å²) in [5.41, 5.74) is 0. The van der Waals surface area contributed by atoms with Crippen LogP contribution < -0.4 is 14.0 Å². The second-order valence-corrected chi connectivity index (χ2v) is 6.63. The fraction of sp³-hybridized carbons (Fsp3) is 0. The zero-order valence-electron chi connectivity index (χ0n) is 17.5. The Bertz CT molecular complexity index is 1180. The summed E-state index contributed by atoms with van der Waals surface area (Å²) in [6.07, 6.45) is 3.75. The first kappa shape index (κ1) is 26.4. The van der Waals surface area contributed by atoms with Gasteiger partial charge in [-0.1, -0.05) is 0 Å². The van der Waals surface area contributed by atoms with Gasteiger partial charge < -0.3 is 18.9 Å². The van der Waals surface area contributed by atoms with E-state index in [0.717, 1.165) is 0 Å².